The molecule has 1 heterocycles. The van der Waals surface area contributed by atoms with Crippen molar-refractivity contribution in [2.24, 2.45) is 0 Å². The van der Waals surface area contributed by atoms with E-state index < -0.39 is 0 Å². The largest absolute Gasteiger partial charge is 0.508 e. The Morgan fingerprint density at radius 1 is 0.833 bits per heavy atom. The minimum Gasteiger partial charge on any atom is -0.508 e. The Morgan fingerprint density at radius 2 is 1.54 bits per heavy atom. The Bertz CT molecular complexity index is 782. The van der Waals surface area contributed by atoms with Gasteiger partial charge in [-0.1, -0.05) is 31.9 Å². The first-order valence-electron chi connectivity index (χ1n) is 8.76. The Kier molecular flexibility index (Phi) is 5.05. The predicted molar refractivity (Wildman–Crippen MR) is 101 cm³/mol. The van der Waals surface area contributed by atoms with E-state index in [1.807, 2.05) is 12.1 Å². The second kappa shape index (κ2) is 7.39. The average Bonchev–Trinajstić information content (AvgIpc) is 2.98. The monoisotopic (exact) mass is 319 g/mol. The number of aryl methyl sites for hydroxylation is 2. The van der Waals surface area contributed by atoms with E-state index in [-0.39, 0.29) is 0 Å². The minimum absolute atomic E-state index is 0.296. The fraction of sp³-hybridized carbons (Fsp3) is 0.273. The third-order valence-corrected chi connectivity index (χ3v) is 4.50. The molecule has 0 spiro atoms. The van der Waals surface area contributed by atoms with Gasteiger partial charge in [-0.15, -0.1) is 0 Å². The standard InChI is InChI=1S/C22H25NO/c1-3-4-5-6-18-8-12-20(13-9-18)23-17(2)7-16-22(23)19-10-14-21(24)15-11-19/h7-16,24H,3-6H2,1-2H3. The van der Waals surface area contributed by atoms with Gasteiger partial charge < -0.3 is 9.67 Å². The van der Waals surface area contributed by atoms with Crippen LogP contribution in [0.15, 0.2) is 60.7 Å². The van der Waals surface area contributed by atoms with Gasteiger partial charge in [-0.05, 0) is 79.4 Å². The highest BCUT2D eigenvalue weighted by atomic mass is 16.3. The SMILES string of the molecule is CCCCCc1ccc(-n2c(C)ccc2-c2ccc(O)cc2)cc1. The molecular weight excluding hydrogens is 294 g/mol. The Balaban J connectivity index is 1.89. The van der Waals surface area contributed by atoms with Crippen LogP contribution in [0.5, 0.6) is 5.75 Å². The lowest BCUT2D eigenvalue weighted by atomic mass is 10.1. The molecule has 0 aliphatic carbocycles. The number of aromatic nitrogens is 1. The van der Waals surface area contributed by atoms with Crippen LogP contribution in [-0.2, 0) is 6.42 Å². The van der Waals surface area contributed by atoms with E-state index in [4.69, 9.17) is 0 Å². The third-order valence-electron chi connectivity index (χ3n) is 4.50. The van der Waals surface area contributed by atoms with E-state index >= 15 is 0 Å². The van der Waals surface area contributed by atoms with Crippen LogP contribution in [0.1, 0.15) is 37.4 Å². The van der Waals surface area contributed by atoms with E-state index in [9.17, 15) is 5.11 Å². The first kappa shape index (κ1) is 16.4. The second-order valence-corrected chi connectivity index (χ2v) is 6.37. The van der Waals surface area contributed by atoms with Crippen molar-refractivity contribution in [1.82, 2.24) is 4.57 Å². The summed E-state index contributed by atoms with van der Waals surface area (Å²) in [7, 11) is 0. The summed E-state index contributed by atoms with van der Waals surface area (Å²) < 4.78 is 2.27. The zero-order valence-electron chi connectivity index (χ0n) is 14.5. The number of rotatable bonds is 6. The molecule has 124 valence electrons. The molecule has 0 bridgehead atoms. The van der Waals surface area contributed by atoms with Gasteiger partial charge in [0.25, 0.3) is 0 Å². The number of benzene rings is 2. The molecule has 1 aromatic heterocycles. The van der Waals surface area contributed by atoms with Gasteiger partial charge in [0.15, 0.2) is 0 Å². The summed E-state index contributed by atoms with van der Waals surface area (Å²) in [5, 5.41) is 9.51. The lowest BCUT2D eigenvalue weighted by molar-refractivity contribution is 0.475. The van der Waals surface area contributed by atoms with Crippen LogP contribution in [0.4, 0.5) is 0 Å². The first-order chi connectivity index (χ1) is 11.7. The maximum Gasteiger partial charge on any atom is 0.115 e. The Labute approximate surface area is 144 Å². The summed E-state index contributed by atoms with van der Waals surface area (Å²) in [4.78, 5) is 0. The van der Waals surface area contributed by atoms with Crippen LogP contribution in [-0.4, -0.2) is 9.67 Å². The molecule has 0 aliphatic heterocycles. The summed E-state index contributed by atoms with van der Waals surface area (Å²) in [5.41, 5.74) is 6.04. The summed E-state index contributed by atoms with van der Waals surface area (Å²) in [5.74, 6) is 0.296. The molecule has 0 radical (unpaired) electrons. The molecule has 0 aliphatic rings. The number of nitrogens with zero attached hydrogens (tertiary/aromatic N) is 1. The van der Waals surface area contributed by atoms with E-state index in [0.717, 1.165) is 17.7 Å². The summed E-state index contributed by atoms with van der Waals surface area (Å²) >= 11 is 0. The van der Waals surface area contributed by atoms with Crippen molar-refractivity contribution in [3.63, 3.8) is 0 Å². The molecule has 2 heteroatoms. The molecule has 0 saturated carbocycles. The molecule has 1 N–H and O–H groups in total. The van der Waals surface area contributed by atoms with Crippen LogP contribution in [0, 0.1) is 6.92 Å². The van der Waals surface area contributed by atoms with E-state index in [0.29, 0.717) is 5.75 Å². The molecule has 0 unspecified atom stereocenters. The van der Waals surface area contributed by atoms with Gasteiger partial charge in [0.2, 0.25) is 0 Å². The maximum atomic E-state index is 9.51. The van der Waals surface area contributed by atoms with Crippen LogP contribution in [0.25, 0.3) is 16.9 Å². The molecule has 2 aromatic carbocycles. The number of hydrogen-bond acceptors (Lipinski definition) is 1. The topological polar surface area (TPSA) is 25.2 Å². The van der Waals surface area contributed by atoms with Gasteiger partial charge in [-0.25, -0.2) is 0 Å². The quantitative estimate of drug-likeness (QED) is 0.563. The highest BCUT2D eigenvalue weighted by Gasteiger charge is 2.09. The van der Waals surface area contributed by atoms with Crippen molar-refractivity contribution in [2.45, 2.75) is 39.5 Å². The molecule has 3 aromatic rings. The van der Waals surface area contributed by atoms with Crippen molar-refractivity contribution in [3.8, 4) is 22.7 Å². The van der Waals surface area contributed by atoms with Gasteiger partial charge in [-0.3, -0.25) is 0 Å². The number of phenols is 1. The number of aromatic hydroxyl groups is 1. The summed E-state index contributed by atoms with van der Waals surface area (Å²) in [6, 6.07) is 20.6. The van der Waals surface area contributed by atoms with E-state index in [1.54, 1.807) is 12.1 Å². The van der Waals surface area contributed by atoms with Crippen molar-refractivity contribution in [3.05, 3.63) is 71.9 Å². The highest BCUT2D eigenvalue weighted by Crippen LogP contribution is 2.28. The lowest BCUT2D eigenvalue weighted by Gasteiger charge is -2.13. The van der Waals surface area contributed by atoms with Crippen molar-refractivity contribution < 1.29 is 5.11 Å². The van der Waals surface area contributed by atoms with Gasteiger partial charge in [0, 0.05) is 11.4 Å². The maximum absolute atomic E-state index is 9.51. The molecule has 0 atom stereocenters. The molecule has 24 heavy (non-hydrogen) atoms. The molecular formula is C22H25NO. The smallest absolute Gasteiger partial charge is 0.115 e. The van der Waals surface area contributed by atoms with Crippen molar-refractivity contribution in [1.29, 1.82) is 0 Å². The van der Waals surface area contributed by atoms with Crippen LogP contribution in [0.2, 0.25) is 0 Å². The number of phenolic OH excluding ortho intramolecular Hbond substituents is 1. The highest BCUT2D eigenvalue weighted by molar-refractivity contribution is 5.65. The van der Waals surface area contributed by atoms with Gasteiger partial charge in [0.1, 0.15) is 5.75 Å². The number of unbranched alkanes of at least 4 members (excludes halogenated alkanes) is 2. The predicted octanol–water partition coefficient (Wildman–Crippen LogP) is 5.89. The van der Waals surface area contributed by atoms with E-state index in [2.05, 4.69) is 54.8 Å². The van der Waals surface area contributed by atoms with Crippen LogP contribution < -0.4 is 0 Å². The summed E-state index contributed by atoms with van der Waals surface area (Å²) in [6.45, 7) is 4.36. The van der Waals surface area contributed by atoms with Crippen LogP contribution >= 0.6 is 0 Å². The van der Waals surface area contributed by atoms with Gasteiger partial charge in [0.05, 0.1) is 5.69 Å². The zero-order valence-corrected chi connectivity index (χ0v) is 14.5. The molecule has 0 amide bonds. The molecule has 3 rings (SSSR count). The Hall–Kier alpha value is -2.48. The average molecular weight is 319 g/mol. The molecule has 0 fully saturated rings. The summed E-state index contributed by atoms with van der Waals surface area (Å²) in [6.07, 6.45) is 4.97. The molecule has 0 saturated heterocycles. The van der Waals surface area contributed by atoms with Crippen molar-refractivity contribution >= 4 is 0 Å². The first-order valence-corrected chi connectivity index (χ1v) is 8.76. The van der Waals surface area contributed by atoms with Gasteiger partial charge in [-0.2, -0.15) is 0 Å². The zero-order chi connectivity index (χ0) is 16.9. The van der Waals surface area contributed by atoms with Crippen molar-refractivity contribution in [2.75, 3.05) is 0 Å². The Morgan fingerprint density at radius 3 is 2.21 bits per heavy atom. The fourth-order valence-electron chi connectivity index (χ4n) is 3.13. The van der Waals surface area contributed by atoms with Crippen LogP contribution in [0.3, 0.4) is 0 Å². The van der Waals surface area contributed by atoms with E-state index in [1.165, 1.54) is 36.2 Å². The molecule has 2 nitrogen and oxygen atoms in total. The normalized spacial score (nSPS) is 10.9. The number of hydrogen-bond donors (Lipinski definition) is 1. The fourth-order valence-corrected chi connectivity index (χ4v) is 3.13. The second-order valence-electron chi connectivity index (χ2n) is 6.37. The minimum atomic E-state index is 0.296. The lowest BCUT2D eigenvalue weighted by Crippen LogP contribution is -1.99. The third kappa shape index (κ3) is 3.53. The van der Waals surface area contributed by atoms with Gasteiger partial charge >= 0.3 is 0 Å².